The molecule has 1 fully saturated rings. The Morgan fingerprint density at radius 1 is 1.13 bits per heavy atom. The number of aromatic nitrogens is 3. The molecule has 8 heteroatoms. The molecule has 3 heterocycles. The second kappa shape index (κ2) is 10.9. The molecule has 0 bridgehead atoms. The van der Waals surface area contributed by atoms with Gasteiger partial charge in [0.15, 0.2) is 0 Å². The molecule has 0 unspecified atom stereocenters. The molecule has 0 atom stereocenters. The molecule has 0 radical (unpaired) electrons. The van der Waals surface area contributed by atoms with Crippen molar-refractivity contribution in [1.29, 1.82) is 0 Å². The highest BCUT2D eigenvalue weighted by molar-refractivity contribution is 7.65. The van der Waals surface area contributed by atoms with Crippen LogP contribution in [0.3, 0.4) is 0 Å². The van der Waals surface area contributed by atoms with Gasteiger partial charge in [-0.05, 0) is 56.5 Å². The molecule has 2 N–H and O–H groups in total. The number of anilines is 1. The number of fused-ring (bicyclic) bond motifs is 1. The van der Waals surface area contributed by atoms with Crippen molar-refractivity contribution in [3.05, 3.63) is 53.0 Å². The largest absolute Gasteiger partial charge is 0.365 e. The highest BCUT2D eigenvalue weighted by Gasteiger charge is 2.18. The van der Waals surface area contributed by atoms with Crippen molar-refractivity contribution in [3.63, 3.8) is 0 Å². The molecule has 1 aromatic carbocycles. The smallest absolute Gasteiger partial charge is 0.264 e. The first kappa shape index (κ1) is 23.4. The van der Waals surface area contributed by atoms with E-state index in [1.54, 1.807) is 13.0 Å². The summed E-state index contributed by atoms with van der Waals surface area (Å²) in [4.78, 5) is 13.8. The normalized spacial score (nSPS) is 14.4. The van der Waals surface area contributed by atoms with Crippen LogP contribution in [0.4, 0.5) is 14.6 Å². The van der Waals surface area contributed by atoms with Gasteiger partial charge in [-0.3, -0.25) is 4.98 Å². The van der Waals surface area contributed by atoms with Crippen molar-refractivity contribution in [2.75, 3.05) is 30.7 Å². The van der Waals surface area contributed by atoms with Gasteiger partial charge in [0.25, 0.3) is 6.43 Å². The number of nitrogens with zero attached hydrogens (tertiary/aromatic N) is 3. The Bertz CT molecular complexity index is 1020. The number of nitrogens with one attached hydrogen (secondary N) is 2. The van der Waals surface area contributed by atoms with E-state index in [1.165, 1.54) is 6.07 Å². The van der Waals surface area contributed by atoms with E-state index in [0.29, 0.717) is 17.9 Å². The fourth-order valence-corrected chi connectivity index (χ4v) is 5.72. The zero-order valence-electron chi connectivity index (χ0n) is 18.5. The first-order chi connectivity index (χ1) is 15.0. The zero-order chi connectivity index (χ0) is 22.4. The lowest BCUT2D eigenvalue weighted by Gasteiger charge is -2.23. The number of alkyl halides is 2. The molecule has 0 spiro atoms. The molecular weight excluding hydrogens is 415 g/mol. The molecule has 5 nitrogen and oxygen atoms in total. The minimum absolute atomic E-state index is 0.0771. The van der Waals surface area contributed by atoms with Crippen molar-refractivity contribution in [3.8, 4) is 0 Å². The van der Waals surface area contributed by atoms with Crippen LogP contribution in [0.15, 0.2) is 30.5 Å². The Hall–Kier alpha value is -2.24. The van der Waals surface area contributed by atoms with Crippen molar-refractivity contribution >= 4 is 30.1 Å². The van der Waals surface area contributed by atoms with Crippen LogP contribution in [0, 0.1) is 13.8 Å². The van der Waals surface area contributed by atoms with Gasteiger partial charge in [0.2, 0.25) is 0 Å². The van der Waals surface area contributed by atoms with Crippen LogP contribution in [0.1, 0.15) is 42.8 Å². The van der Waals surface area contributed by atoms with Crippen LogP contribution in [-0.4, -0.2) is 40.4 Å². The molecule has 4 rings (SSSR count). The summed E-state index contributed by atoms with van der Waals surface area (Å²) in [5, 5.41) is 7.68. The van der Waals surface area contributed by atoms with E-state index >= 15 is 0 Å². The second-order valence-electron chi connectivity index (χ2n) is 7.20. The number of aryl methyl sites for hydroxylation is 1. The summed E-state index contributed by atoms with van der Waals surface area (Å²) in [5.74, 6) is 1.38. The Kier molecular flexibility index (Phi) is 8.22. The maximum atomic E-state index is 13.2. The number of rotatable bonds is 5. The SMILES string of the molecule is CC.Cc1nc(NCc2cccc(C(F)F)c2C)c2cc(P3CCNCC3)ncc2n1. The molecule has 0 amide bonds. The van der Waals surface area contributed by atoms with Crippen LogP contribution in [-0.2, 0) is 6.54 Å². The van der Waals surface area contributed by atoms with E-state index in [1.807, 2.05) is 33.0 Å². The Balaban J connectivity index is 0.00000132. The highest BCUT2D eigenvalue weighted by Crippen LogP contribution is 2.35. The third kappa shape index (κ3) is 5.52. The third-order valence-corrected chi connectivity index (χ3v) is 7.71. The first-order valence-electron chi connectivity index (χ1n) is 10.7. The van der Waals surface area contributed by atoms with Gasteiger partial charge in [0, 0.05) is 17.5 Å². The minimum atomic E-state index is -2.47. The van der Waals surface area contributed by atoms with Gasteiger partial charge < -0.3 is 10.6 Å². The van der Waals surface area contributed by atoms with Gasteiger partial charge in [0.1, 0.15) is 11.6 Å². The van der Waals surface area contributed by atoms with Crippen molar-refractivity contribution in [2.24, 2.45) is 0 Å². The number of halogens is 2. The lowest BCUT2D eigenvalue weighted by Crippen LogP contribution is -2.30. The van der Waals surface area contributed by atoms with E-state index in [2.05, 4.69) is 31.7 Å². The van der Waals surface area contributed by atoms with Gasteiger partial charge >= 0.3 is 0 Å². The molecule has 1 aliphatic heterocycles. The molecule has 2 aromatic heterocycles. The Labute approximate surface area is 183 Å². The van der Waals surface area contributed by atoms with Crippen molar-refractivity contribution < 1.29 is 8.78 Å². The molecular formula is C23H30F2N5P. The van der Waals surface area contributed by atoms with Crippen LogP contribution < -0.4 is 16.1 Å². The molecule has 0 saturated carbocycles. The van der Waals surface area contributed by atoms with Crippen LogP contribution >= 0.6 is 7.92 Å². The summed E-state index contributed by atoms with van der Waals surface area (Å²) >= 11 is 0. The molecule has 166 valence electrons. The summed E-state index contributed by atoms with van der Waals surface area (Å²) in [7, 11) is -0.270. The van der Waals surface area contributed by atoms with Gasteiger partial charge in [-0.2, -0.15) is 0 Å². The van der Waals surface area contributed by atoms with E-state index in [4.69, 9.17) is 0 Å². The molecule has 1 saturated heterocycles. The summed E-state index contributed by atoms with van der Waals surface area (Å²) in [6.45, 7) is 10.1. The van der Waals surface area contributed by atoms with E-state index < -0.39 is 6.43 Å². The fourth-order valence-electron chi connectivity index (χ4n) is 3.65. The first-order valence-corrected chi connectivity index (χ1v) is 12.4. The average Bonchev–Trinajstić information content (AvgIpc) is 2.79. The summed E-state index contributed by atoms with van der Waals surface area (Å²) in [6.07, 6.45) is 1.61. The van der Waals surface area contributed by atoms with Crippen molar-refractivity contribution in [2.45, 2.75) is 40.7 Å². The lowest BCUT2D eigenvalue weighted by atomic mass is 10.0. The average molecular weight is 445 g/mol. The molecule has 1 aliphatic rings. The maximum absolute atomic E-state index is 13.2. The van der Waals surface area contributed by atoms with E-state index in [9.17, 15) is 8.78 Å². The summed E-state index contributed by atoms with van der Waals surface area (Å²) in [5.41, 5.74) is 3.45. The Morgan fingerprint density at radius 3 is 2.58 bits per heavy atom. The van der Waals surface area contributed by atoms with Gasteiger partial charge in [-0.15, -0.1) is 0 Å². The van der Waals surface area contributed by atoms with E-state index in [-0.39, 0.29) is 13.5 Å². The molecule has 31 heavy (non-hydrogen) atoms. The quantitative estimate of drug-likeness (QED) is 0.546. The monoisotopic (exact) mass is 445 g/mol. The third-order valence-electron chi connectivity index (χ3n) is 5.29. The predicted molar refractivity (Wildman–Crippen MR) is 126 cm³/mol. The van der Waals surface area contributed by atoms with Gasteiger partial charge in [0.05, 0.1) is 17.1 Å². The maximum Gasteiger partial charge on any atom is 0.264 e. The number of benzene rings is 1. The summed E-state index contributed by atoms with van der Waals surface area (Å²) in [6, 6.07) is 7.13. The Morgan fingerprint density at radius 2 is 1.87 bits per heavy atom. The second-order valence-corrected chi connectivity index (χ2v) is 9.63. The molecule has 0 aliphatic carbocycles. The van der Waals surface area contributed by atoms with E-state index in [0.717, 1.165) is 53.1 Å². The molecule has 3 aromatic rings. The van der Waals surface area contributed by atoms with Crippen LogP contribution in [0.2, 0.25) is 0 Å². The summed E-state index contributed by atoms with van der Waals surface area (Å²) < 4.78 is 26.4. The minimum Gasteiger partial charge on any atom is -0.365 e. The van der Waals surface area contributed by atoms with Crippen LogP contribution in [0.25, 0.3) is 10.9 Å². The standard InChI is InChI=1S/C21H24F2N5P.C2H6/c1-13-15(4-3-5-16(13)20(22)23)11-26-21-17-10-19(29-8-6-24-7-9-29)25-12-18(17)27-14(2)28-21;1-2/h3-5,10,12,20,24H,6-9,11H2,1-2H3,(H,26,27,28);1-2H3. The number of hydrogen-bond acceptors (Lipinski definition) is 5. The highest BCUT2D eigenvalue weighted by atomic mass is 31.1. The topological polar surface area (TPSA) is 62.7 Å². The predicted octanol–water partition coefficient (Wildman–Crippen LogP) is 4.93. The van der Waals surface area contributed by atoms with Gasteiger partial charge in [-0.1, -0.05) is 40.0 Å². The van der Waals surface area contributed by atoms with Crippen LogP contribution in [0.5, 0.6) is 0 Å². The van der Waals surface area contributed by atoms with Gasteiger partial charge in [-0.25, -0.2) is 18.7 Å². The lowest BCUT2D eigenvalue weighted by molar-refractivity contribution is 0.150. The number of pyridine rings is 1. The van der Waals surface area contributed by atoms with Crippen molar-refractivity contribution in [1.82, 2.24) is 20.3 Å². The fraction of sp³-hybridized carbons (Fsp3) is 0.435. The zero-order valence-corrected chi connectivity index (χ0v) is 19.4. The number of hydrogen-bond donors (Lipinski definition) is 2.